The van der Waals surface area contributed by atoms with Crippen molar-refractivity contribution in [1.82, 2.24) is 4.90 Å². The van der Waals surface area contributed by atoms with Gasteiger partial charge in [0.15, 0.2) is 0 Å². The first kappa shape index (κ1) is 15.0. The first-order valence-corrected chi connectivity index (χ1v) is 7.51. The van der Waals surface area contributed by atoms with Crippen LogP contribution in [0.4, 0.5) is 0 Å². The van der Waals surface area contributed by atoms with Crippen LogP contribution in [0, 0.1) is 0 Å². The van der Waals surface area contributed by atoms with Gasteiger partial charge < -0.3 is 9.64 Å². The lowest BCUT2D eigenvalue weighted by atomic mass is 9.97. The zero-order valence-electron chi connectivity index (χ0n) is 12.8. The number of carbonyl (C=O) groups excluding carboxylic acids is 1. The topological polar surface area (TPSA) is 29.5 Å². The van der Waals surface area contributed by atoms with Crippen molar-refractivity contribution in [2.75, 3.05) is 13.2 Å². The van der Waals surface area contributed by atoms with Crippen LogP contribution in [0.25, 0.3) is 0 Å². The summed E-state index contributed by atoms with van der Waals surface area (Å²) in [4.78, 5) is 14.4. The molecule has 1 unspecified atom stereocenters. The predicted molar refractivity (Wildman–Crippen MR) is 80.5 cm³/mol. The van der Waals surface area contributed by atoms with Crippen LogP contribution < -0.4 is 0 Å². The minimum Gasteiger partial charge on any atom is -0.369 e. The van der Waals surface area contributed by atoms with E-state index in [4.69, 9.17) is 4.74 Å². The third kappa shape index (κ3) is 3.40. The van der Waals surface area contributed by atoms with E-state index in [1.807, 2.05) is 23.1 Å². The van der Waals surface area contributed by atoms with Crippen LogP contribution in [-0.4, -0.2) is 29.5 Å². The highest BCUT2D eigenvalue weighted by Gasteiger charge is 2.37. The van der Waals surface area contributed by atoms with Crippen molar-refractivity contribution in [3.63, 3.8) is 0 Å². The summed E-state index contributed by atoms with van der Waals surface area (Å²) >= 11 is 0. The molecule has 0 aromatic heterocycles. The Balaban J connectivity index is 2.10. The number of morpholine rings is 1. The van der Waals surface area contributed by atoms with Gasteiger partial charge in [0.25, 0.3) is 0 Å². The predicted octanol–water partition coefficient (Wildman–Crippen LogP) is 3.56. The molecule has 1 amide bonds. The number of hydrogen-bond donors (Lipinski definition) is 0. The normalized spacial score (nSPS) is 21.8. The van der Waals surface area contributed by atoms with Gasteiger partial charge in [0.05, 0.1) is 18.7 Å². The fourth-order valence-electron chi connectivity index (χ4n) is 2.62. The molecule has 3 nitrogen and oxygen atoms in total. The molecule has 110 valence electrons. The van der Waals surface area contributed by atoms with Crippen molar-refractivity contribution in [1.29, 1.82) is 0 Å². The average molecular weight is 275 g/mol. The highest BCUT2D eigenvalue weighted by molar-refractivity contribution is 5.77. The van der Waals surface area contributed by atoms with Crippen LogP contribution in [0.5, 0.6) is 0 Å². The molecule has 1 saturated heterocycles. The molecule has 0 radical (unpaired) electrons. The molecule has 1 heterocycles. The largest absolute Gasteiger partial charge is 0.369 e. The summed E-state index contributed by atoms with van der Waals surface area (Å²) in [5.41, 5.74) is 0.937. The van der Waals surface area contributed by atoms with E-state index in [0.717, 1.165) is 18.4 Å². The van der Waals surface area contributed by atoms with Gasteiger partial charge in [-0.15, -0.1) is 0 Å². The quantitative estimate of drug-likeness (QED) is 0.841. The zero-order valence-corrected chi connectivity index (χ0v) is 12.8. The number of amides is 1. The number of ether oxygens (including phenoxy) is 1. The third-order valence-electron chi connectivity index (χ3n) is 3.93. The summed E-state index contributed by atoms with van der Waals surface area (Å²) in [7, 11) is 0. The number of carbonyl (C=O) groups is 1. The Bertz CT molecular complexity index is 442. The summed E-state index contributed by atoms with van der Waals surface area (Å²) in [5, 5.41) is 0. The lowest BCUT2D eigenvalue weighted by Crippen LogP contribution is -2.56. The maximum Gasteiger partial charge on any atom is 0.223 e. The fourth-order valence-corrected chi connectivity index (χ4v) is 2.62. The van der Waals surface area contributed by atoms with Crippen LogP contribution >= 0.6 is 0 Å². The average Bonchev–Trinajstić information content (AvgIpc) is 2.45. The van der Waals surface area contributed by atoms with Crippen molar-refractivity contribution in [3.05, 3.63) is 35.9 Å². The minimum absolute atomic E-state index is 0.00481. The molecule has 2 rings (SSSR count). The summed E-state index contributed by atoms with van der Waals surface area (Å²) in [6.07, 6.45) is 2.65. The Morgan fingerprint density at radius 3 is 2.70 bits per heavy atom. The lowest BCUT2D eigenvalue weighted by molar-refractivity contribution is -0.155. The van der Waals surface area contributed by atoms with Crippen molar-refractivity contribution >= 4 is 5.91 Å². The second kappa shape index (κ2) is 6.40. The highest BCUT2D eigenvalue weighted by atomic mass is 16.5. The van der Waals surface area contributed by atoms with Crippen LogP contribution in [0.15, 0.2) is 30.3 Å². The van der Waals surface area contributed by atoms with Gasteiger partial charge in [-0.05, 0) is 25.8 Å². The van der Waals surface area contributed by atoms with Crippen LogP contribution in [0.1, 0.15) is 51.7 Å². The highest BCUT2D eigenvalue weighted by Crippen LogP contribution is 2.30. The number of hydrogen-bond acceptors (Lipinski definition) is 2. The Morgan fingerprint density at radius 2 is 2.05 bits per heavy atom. The molecular weight excluding hydrogens is 250 g/mol. The van der Waals surface area contributed by atoms with Crippen LogP contribution in [0.2, 0.25) is 0 Å². The van der Waals surface area contributed by atoms with E-state index in [1.165, 1.54) is 0 Å². The molecule has 0 aliphatic carbocycles. The Hall–Kier alpha value is -1.35. The maximum atomic E-state index is 12.4. The Labute approximate surface area is 121 Å². The first-order valence-electron chi connectivity index (χ1n) is 7.51. The van der Waals surface area contributed by atoms with E-state index in [-0.39, 0.29) is 17.6 Å². The molecule has 3 heteroatoms. The molecule has 1 fully saturated rings. The summed E-state index contributed by atoms with van der Waals surface area (Å²) < 4.78 is 5.97. The minimum atomic E-state index is -0.212. The van der Waals surface area contributed by atoms with Crippen molar-refractivity contribution < 1.29 is 9.53 Å². The van der Waals surface area contributed by atoms with Gasteiger partial charge in [0.1, 0.15) is 6.10 Å². The molecule has 1 aliphatic heterocycles. The smallest absolute Gasteiger partial charge is 0.223 e. The SMILES string of the molecule is CCCCC(=O)N1CC(c2ccccc2)OCC1(C)C. The van der Waals surface area contributed by atoms with Crippen LogP contribution in [0.3, 0.4) is 0 Å². The second-order valence-electron chi connectivity index (χ2n) is 6.13. The Morgan fingerprint density at radius 1 is 1.35 bits per heavy atom. The van der Waals surface area contributed by atoms with E-state index in [0.29, 0.717) is 19.6 Å². The summed E-state index contributed by atoms with van der Waals surface area (Å²) in [6, 6.07) is 10.2. The first-order chi connectivity index (χ1) is 9.54. The monoisotopic (exact) mass is 275 g/mol. The molecule has 0 saturated carbocycles. The standard InChI is InChI=1S/C17H25NO2/c1-4-5-11-16(19)18-12-15(20-13-17(18,2)3)14-9-7-6-8-10-14/h6-10,15H,4-5,11-13H2,1-3H3. The number of rotatable bonds is 4. The lowest BCUT2D eigenvalue weighted by Gasteiger charge is -2.45. The summed E-state index contributed by atoms with van der Waals surface area (Å²) in [5.74, 6) is 0.251. The molecule has 1 aromatic rings. The zero-order chi connectivity index (χ0) is 14.6. The number of unbranched alkanes of at least 4 members (excludes halogenated alkanes) is 1. The van der Waals surface area contributed by atoms with E-state index < -0.39 is 0 Å². The molecule has 20 heavy (non-hydrogen) atoms. The molecule has 0 spiro atoms. The van der Waals surface area contributed by atoms with Gasteiger partial charge in [-0.2, -0.15) is 0 Å². The van der Waals surface area contributed by atoms with E-state index in [9.17, 15) is 4.79 Å². The van der Waals surface area contributed by atoms with Gasteiger partial charge in [0, 0.05) is 6.42 Å². The number of benzene rings is 1. The van der Waals surface area contributed by atoms with Crippen molar-refractivity contribution in [2.24, 2.45) is 0 Å². The van der Waals surface area contributed by atoms with Crippen molar-refractivity contribution in [2.45, 2.75) is 51.7 Å². The van der Waals surface area contributed by atoms with Gasteiger partial charge in [0.2, 0.25) is 5.91 Å². The van der Waals surface area contributed by atoms with Gasteiger partial charge >= 0.3 is 0 Å². The van der Waals surface area contributed by atoms with Gasteiger partial charge in [-0.25, -0.2) is 0 Å². The molecule has 0 bridgehead atoms. The molecule has 0 N–H and O–H groups in total. The van der Waals surface area contributed by atoms with Gasteiger partial charge in [-0.3, -0.25) is 4.79 Å². The maximum absolute atomic E-state index is 12.4. The number of nitrogens with zero attached hydrogens (tertiary/aromatic N) is 1. The molecule has 1 aromatic carbocycles. The van der Waals surface area contributed by atoms with E-state index in [2.05, 4.69) is 32.9 Å². The Kier molecular flexibility index (Phi) is 4.81. The van der Waals surface area contributed by atoms with E-state index >= 15 is 0 Å². The summed E-state index contributed by atoms with van der Waals surface area (Å²) in [6.45, 7) is 7.52. The molecule has 1 aliphatic rings. The molecule has 1 atom stereocenters. The van der Waals surface area contributed by atoms with Crippen LogP contribution in [-0.2, 0) is 9.53 Å². The fraction of sp³-hybridized carbons (Fsp3) is 0.588. The van der Waals surface area contributed by atoms with E-state index in [1.54, 1.807) is 0 Å². The third-order valence-corrected chi connectivity index (χ3v) is 3.93. The second-order valence-corrected chi connectivity index (χ2v) is 6.13. The molecular formula is C17H25NO2. The van der Waals surface area contributed by atoms with Crippen molar-refractivity contribution in [3.8, 4) is 0 Å². The van der Waals surface area contributed by atoms with Gasteiger partial charge in [-0.1, -0.05) is 43.7 Å².